The van der Waals surface area contributed by atoms with Crippen molar-refractivity contribution in [2.45, 2.75) is 19.8 Å². The van der Waals surface area contributed by atoms with Gasteiger partial charge in [-0.2, -0.15) is 4.31 Å². The molecule has 0 saturated carbocycles. The number of nitrogens with zero attached hydrogens (tertiary/aromatic N) is 6. The maximum atomic E-state index is 12.3. The first-order valence-corrected chi connectivity index (χ1v) is 11.1. The Morgan fingerprint density at radius 2 is 1.46 bits per heavy atom. The van der Waals surface area contributed by atoms with Crippen molar-refractivity contribution in [2.24, 2.45) is 0 Å². The molecule has 26 heavy (non-hydrogen) atoms. The summed E-state index contributed by atoms with van der Waals surface area (Å²) in [5.74, 6) is 2.10. The summed E-state index contributed by atoms with van der Waals surface area (Å²) in [6.45, 7) is 8.42. The molecule has 3 heterocycles. The Hall–Kier alpha value is -1.45. The number of unbranched alkanes of at least 4 members (excludes halogenated alkanes) is 1. The Labute approximate surface area is 156 Å². The highest BCUT2D eigenvalue weighted by Gasteiger charge is 2.27. The fourth-order valence-electron chi connectivity index (χ4n) is 3.37. The molecule has 3 rings (SSSR count). The molecule has 8 nitrogen and oxygen atoms in total. The smallest absolute Gasteiger partial charge is 0.214 e. The van der Waals surface area contributed by atoms with E-state index in [0.29, 0.717) is 26.2 Å². The number of likely N-dealkylation sites (N-methyl/N-ethyl adjacent to an activating group) is 1. The quantitative estimate of drug-likeness (QED) is 0.708. The number of anilines is 2. The number of aromatic nitrogens is 2. The summed E-state index contributed by atoms with van der Waals surface area (Å²) in [5, 5.41) is 0. The van der Waals surface area contributed by atoms with E-state index in [1.165, 1.54) is 0 Å². The molecule has 0 unspecified atom stereocenters. The molecular formula is C17H30N6O2S. The van der Waals surface area contributed by atoms with Gasteiger partial charge in [-0.25, -0.2) is 18.4 Å². The van der Waals surface area contributed by atoms with E-state index in [1.807, 2.05) is 13.0 Å². The van der Waals surface area contributed by atoms with E-state index < -0.39 is 10.0 Å². The zero-order valence-electron chi connectivity index (χ0n) is 15.8. The second-order valence-corrected chi connectivity index (χ2v) is 9.17. The molecule has 1 aromatic heterocycles. The van der Waals surface area contributed by atoms with Crippen LogP contribution < -0.4 is 9.80 Å². The molecule has 9 heteroatoms. The summed E-state index contributed by atoms with van der Waals surface area (Å²) >= 11 is 0. The van der Waals surface area contributed by atoms with Crippen LogP contribution in [0.5, 0.6) is 0 Å². The first-order valence-electron chi connectivity index (χ1n) is 9.48. The van der Waals surface area contributed by atoms with Crippen LogP contribution in [0.2, 0.25) is 0 Å². The molecule has 2 saturated heterocycles. The summed E-state index contributed by atoms with van der Waals surface area (Å²) in [5.41, 5.74) is 0. The van der Waals surface area contributed by atoms with Crippen molar-refractivity contribution in [1.82, 2.24) is 19.2 Å². The minimum atomic E-state index is -3.12. The lowest BCUT2D eigenvalue weighted by atomic mass is 10.3. The Morgan fingerprint density at radius 1 is 0.923 bits per heavy atom. The molecule has 0 aliphatic carbocycles. The van der Waals surface area contributed by atoms with Crippen LogP contribution in [0.3, 0.4) is 0 Å². The van der Waals surface area contributed by atoms with E-state index in [2.05, 4.69) is 31.7 Å². The van der Waals surface area contributed by atoms with Crippen molar-refractivity contribution in [3.05, 3.63) is 12.4 Å². The van der Waals surface area contributed by atoms with Gasteiger partial charge in [0.05, 0.1) is 5.75 Å². The van der Waals surface area contributed by atoms with Gasteiger partial charge in [-0.3, -0.25) is 0 Å². The van der Waals surface area contributed by atoms with Crippen molar-refractivity contribution in [1.29, 1.82) is 0 Å². The Balaban J connectivity index is 1.60. The second-order valence-electron chi connectivity index (χ2n) is 7.08. The molecular weight excluding hydrogens is 352 g/mol. The van der Waals surface area contributed by atoms with Gasteiger partial charge in [-0.1, -0.05) is 13.3 Å². The van der Waals surface area contributed by atoms with Crippen molar-refractivity contribution < 1.29 is 8.42 Å². The molecule has 0 aromatic carbocycles. The van der Waals surface area contributed by atoms with E-state index in [1.54, 1.807) is 10.6 Å². The largest absolute Gasteiger partial charge is 0.354 e. The molecule has 1 aromatic rings. The molecule has 0 N–H and O–H groups in total. The second kappa shape index (κ2) is 8.49. The van der Waals surface area contributed by atoms with Crippen LogP contribution in [0, 0.1) is 0 Å². The molecule has 2 aliphatic rings. The summed E-state index contributed by atoms with van der Waals surface area (Å²) in [7, 11) is -0.985. The highest BCUT2D eigenvalue weighted by Crippen LogP contribution is 2.21. The minimum absolute atomic E-state index is 0.255. The predicted octanol–water partition coefficient (Wildman–Crippen LogP) is 0.480. The summed E-state index contributed by atoms with van der Waals surface area (Å²) in [6, 6.07) is 2.03. The normalized spacial score (nSPS) is 20.5. The van der Waals surface area contributed by atoms with Gasteiger partial charge in [0.2, 0.25) is 10.0 Å². The van der Waals surface area contributed by atoms with Gasteiger partial charge in [0.15, 0.2) is 0 Å². The van der Waals surface area contributed by atoms with E-state index in [-0.39, 0.29) is 5.75 Å². The fourth-order valence-corrected chi connectivity index (χ4v) is 5.00. The Bertz CT molecular complexity index is 682. The topological polar surface area (TPSA) is 72.9 Å². The van der Waals surface area contributed by atoms with Gasteiger partial charge in [-0.15, -0.1) is 0 Å². The maximum absolute atomic E-state index is 12.3. The van der Waals surface area contributed by atoms with E-state index in [9.17, 15) is 8.42 Å². The third kappa shape index (κ3) is 4.63. The lowest BCUT2D eigenvalue weighted by Gasteiger charge is -2.36. The average Bonchev–Trinajstić information content (AvgIpc) is 2.67. The third-order valence-corrected chi connectivity index (χ3v) is 7.13. The third-order valence-electron chi connectivity index (χ3n) is 5.18. The number of rotatable bonds is 6. The lowest BCUT2D eigenvalue weighted by molar-refractivity contribution is 0.312. The zero-order valence-corrected chi connectivity index (χ0v) is 16.7. The van der Waals surface area contributed by atoms with Crippen molar-refractivity contribution in [3.8, 4) is 0 Å². The van der Waals surface area contributed by atoms with Crippen LogP contribution in [0.15, 0.2) is 12.4 Å². The molecule has 2 fully saturated rings. The van der Waals surface area contributed by atoms with Crippen LogP contribution in [-0.2, 0) is 10.0 Å². The minimum Gasteiger partial charge on any atom is -0.354 e. The van der Waals surface area contributed by atoms with Crippen molar-refractivity contribution in [3.63, 3.8) is 0 Å². The SMILES string of the molecule is CCCCS(=O)(=O)N1CCN(c2cc(N3CCN(C)CC3)ncn2)CC1. The van der Waals surface area contributed by atoms with Crippen LogP contribution in [-0.4, -0.2) is 92.7 Å². The molecule has 0 bridgehead atoms. The Morgan fingerprint density at radius 3 is 2.00 bits per heavy atom. The van der Waals surface area contributed by atoms with E-state index in [0.717, 1.165) is 50.7 Å². The van der Waals surface area contributed by atoms with Gasteiger partial charge in [0.1, 0.15) is 18.0 Å². The van der Waals surface area contributed by atoms with E-state index >= 15 is 0 Å². The number of piperazine rings is 2. The number of hydrogen-bond acceptors (Lipinski definition) is 7. The highest BCUT2D eigenvalue weighted by atomic mass is 32.2. The number of sulfonamides is 1. The fraction of sp³-hybridized carbons (Fsp3) is 0.765. The monoisotopic (exact) mass is 382 g/mol. The average molecular weight is 383 g/mol. The predicted molar refractivity (Wildman–Crippen MR) is 104 cm³/mol. The molecule has 0 radical (unpaired) electrons. The van der Waals surface area contributed by atoms with Crippen molar-refractivity contribution in [2.75, 3.05) is 75.0 Å². The molecule has 0 spiro atoms. The zero-order chi connectivity index (χ0) is 18.6. The summed E-state index contributed by atoms with van der Waals surface area (Å²) in [6.07, 6.45) is 3.24. The van der Waals surface area contributed by atoms with Gasteiger partial charge < -0.3 is 14.7 Å². The van der Waals surface area contributed by atoms with Gasteiger partial charge >= 0.3 is 0 Å². The Kier molecular flexibility index (Phi) is 6.31. The molecule has 0 amide bonds. The highest BCUT2D eigenvalue weighted by molar-refractivity contribution is 7.89. The van der Waals surface area contributed by atoms with Crippen LogP contribution in [0.1, 0.15) is 19.8 Å². The van der Waals surface area contributed by atoms with Gasteiger partial charge in [0, 0.05) is 58.4 Å². The lowest BCUT2D eigenvalue weighted by Crippen LogP contribution is -2.49. The molecule has 2 aliphatic heterocycles. The maximum Gasteiger partial charge on any atom is 0.214 e. The first kappa shape index (κ1) is 19.3. The number of hydrogen-bond donors (Lipinski definition) is 0. The summed E-state index contributed by atoms with van der Waals surface area (Å²) < 4.78 is 26.3. The van der Waals surface area contributed by atoms with Gasteiger partial charge in [-0.05, 0) is 13.5 Å². The van der Waals surface area contributed by atoms with Crippen molar-refractivity contribution >= 4 is 21.7 Å². The first-order chi connectivity index (χ1) is 12.5. The molecule has 0 atom stereocenters. The van der Waals surface area contributed by atoms with Crippen LogP contribution >= 0.6 is 0 Å². The van der Waals surface area contributed by atoms with Gasteiger partial charge in [0.25, 0.3) is 0 Å². The van der Waals surface area contributed by atoms with Crippen LogP contribution in [0.25, 0.3) is 0 Å². The molecule has 146 valence electrons. The van der Waals surface area contributed by atoms with E-state index in [4.69, 9.17) is 0 Å². The summed E-state index contributed by atoms with van der Waals surface area (Å²) in [4.78, 5) is 15.6. The standard InChI is InChI=1S/C17H30N6O2S/c1-3-4-13-26(24,25)23-11-9-22(10-12-23)17-14-16(18-15-19-17)21-7-5-20(2)6-8-21/h14-15H,3-13H2,1-2H3. The van der Waals surface area contributed by atoms with Crippen LogP contribution in [0.4, 0.5) is 11.6 Å².